The van der Waals surface area contributed by atoms with Crippen LogP contribution < -0.4 is 0 Å². The van der Waals surface area contributed by atoms with Crippen molar-refractivity contribution in [2.75, 3.05) is 6.61 Å². The van der Waals surface area contributed by atoms with Crippen LogP contribution in [-0.4, -0.2) is 33.5 Å². The number of aliphatic hydroxyl groups is 1. The second-order valence-corrected chi connectivity index (χ2v) is 7.74. The molecule has 3 rings (SSSR count). The van der Waals surface area contributed by atoms with Crippen molar-refractivity contribution in [3.05, 3.63) is 30.6 Å². The molecule has 0 amide bonds. The van der Waals surface area contributed by atoms with Crippen LogP contribution in [0.15, 0.2) is 30.6 Å². The number of hydrogen-bond acceptors (Lipinski definition) is 3. The number of para-hydroxylation sites is 2. The molecule has 0 unspecified atom stereocenters. The fourth-order valence-electron chi connectivity index (χ4n) is 3.98. The van der Waals surface area contributed by atoms with Crippen LogP contribution in [0.4, 0.5) is 0 Å². The molecule has 24 heavy (non-hydrogen) atoms. The number of imidazole rings is 1. The number of nitrogens with zero attached hydrogens (tertiary/aromatic N) is 2. The van der Waals surface area contributed by atoms with Gasteiger partial charge in [0.05, 0.1) is 42.7 Å². The topological polar surface area (TPSA) is 47.3 Å². The molecule has 1 N–H and O–H groups in total. The van der Waals surface area contributed by atoms with Crippen molar-refractivity contribution in [3.63, 3.8) is 0 Å². The van der Waals surface area contributed by atoms with Gasteiger partial charge in [0.25, 0.3) is 0 Å². The van der Waals surface area contributed by atoms with Crippen molar-refractivity contribution in [1.82, 2.24) is 9.55 Å². The lowest BCUT2D eigenvalue weighted by molar-refractivity contribution is -0.0714. The molecule has 0 spiro atoms. The van der Waals surface area contributed by atoms with E-state index in [4.69, 9.17) is 4.74 Å². The minimum Gasteiger partial charge on any atom is -0.389 e. The summed E-state index contributed by atoms with van der Waals surface area (Å²) in [4.78, 5) is 4.38. The van der Waals surface area contributed by atoms with Crippen molar-refractivity contribution in [2.45, 2.75) is 58.8 Å². The molecule has 4 heteroatoms. The molecule has 1 aromatic carbocycles. The van der Waals surface area contributed by atoms with E-state index in [0.717, 1.165) is 23.4 Å². The van der Waals surface area contributed by atoms with Crippen molar-refractivity contribution >= 4 is 11.0 Å². The summed E-state index contributed by atoms with van der Waals surface area (Å²) in [5.41, 5.74) is 2.02. The second-order valence-electron chi connectivity index (χ2n) is 7.74. The van der Waals surface area contributed by atoms with Gasteiger partial charge in [-0.1, -0.05) is 39.3 Å². The second kappa shape index (κ2) is 7.66. The Labute approximate surface area is 144 Å². The van der Waals surface area contributed by atoms with E-state index in [0.29, 0.717) is 25.0 Å². The van der Waals surface area contributed by atoms with Crippen LogP contribution in [-0.2, 0) is 11.3 Å². The molecule has 1 aliphatic carbocycles. The molecule has 1 aromatic heterocycles. The highest BCUT2D eigenvalue weighted by molar-refractivity contribution is 5.74. The molecular formula is C20H30N2O2. The number of aromatic nitrogens is 2. The molecule has 1 saturated carbocycles. The number of hydrogen-bond donors (Lipinski definition) is 1. The van der Waals surface area contributed by atoms with Crippen molar-refractivity contribution in [2.24, 2.45) is 17.8 Å². The van der Waals surface area contributed by atoms with E-state index in [1.165, 1.54) is 12.8 Å². The standard InChI is InChI=1S/C20H30N2O2/c1-14(2)17-9-8-15(3)10-20(17)24-12-16(23)11-22-13-21-18-6-4-5-7-19(18)22/h4-7,13-17,20,23H,8-12H2,1-3H3/t15-,16-,17-,20+/m1/s1. The van der Waals surface area contributed by atoms with E-state index >= 15 is 0 Å². The highest BCUT2D eigenvalue weighted by Crippen LogP contribution is 2.35. The third kappa shape index (κ3) is 3.98. The minimum absolute atomic E-state index is 0.280. The summed E-state index contributed by atoms with van der Waals surface area (Å²) >= 11 is 0. The summed E-state index contributed by atoms with van der Waals surface area (Å²) in [6.45, 7) is 7.79. The zero-order valence-corrected chi connectivity index (χ0v) is 15.1. The Hall–Kier alpha value is -1.39. The highest BCUT2D eigenvalue weighted by Gasteiger charge is 2.31. The number of aliphatic hydroxyl groups excluding tert-OH is 1. The zero-order valence-electron chi connectivity index (χ0n) is 15.1. The van der Waals surface area contributed by atoms with E-state index in [1.54, 1.807) is 6.33 Å². The molecule has 4 nitrogen and oxygen atoms in total. The van der Waals surface area contributed by atoms with Gasteiger partial charge in [-0.05, 0) is 42.7 Å². The lowest BCUT2D eigenvalue weighted by Crippen LogP contribution is -2.36. The maximum Gasteiger partial charge on any atom is 0.0959 e. The van der Waals surface area contributed by atoms with Crippen LogP contribution in [0.5, 0.6) is 0 Å². The van der Waals surface area contributed by atoms with Gasteiger partial charge in [0, 0.05) is 0 Å². The molecule has 1 aliphatic rings. The summed E-state index contributed by atoms with van der Waals surface area (Å²) in [5.74, 6) is 1.97. The number of benzene rings is 1. The highest BCUT2D eigenvalue weighted by atomic mass is 16.5. The summed E-state index contributed by atoms with van der Waals surface area (Å²) in [5, 5.41) is 10.4. The van der Waals surface area contributed by atoms with Gasteiger partial charge in [-0.15, -0.1) is 0 Å². The van der Waals surface area contributed by atoms with E-state index < -0.39 is 6.10 Å². The van der Waals surface area contributed by atoms with Gasteiger partial charge in [0.2, 0.25) is 0 Å². The molecule has 132 valence electrons. The maximum atomic E-state index is 10.4. The zero-order chi connectivity index (χ0) is 17.1. The van der Waals surface area contributed by atoms with Gasteiger partial charge >= 0.3 is 0 Å². The Bertz CT molecular complexity index is 652. The van der Waals surface area contributed by atoms with E-state index in [1.807, 2.05) is 28.8 Å². The first-order valence-corrected chi connectivity index (χ1v) is 9.24. The van der Waals surface area contributed by atoms with Gasteiger partial charge in [-0.3, -0.25) is 0 Å². The smallest absolute Gasteiger partial charge is 0.0959 e. The van der Waals surface area contributed by atoms with Gasteiger partial charge in [0.1, 0.15) is 0 Å². The monoisotopic (exact) mass is 330 g/mol. The molecule has 1 heterocycles. The Morgan fingerprint density at radius 2 is 2.08 bits per heavy atom. The Morgan fingerprint density at radius 1 is 1.29 bits per heavy atom. The summed E-state index contributed by atoms with van der Waals surface area (Å²) < 4.78 is 8.17. The third-order valence-electron chi connectivity index (χ3n) is 5.40. The Morgan fingerprint density at radius 3 is 2.88 bits per heavy atom. The first-order valence-electron chi connectivity index (χ1n) is 9.24. The predicted octanol–water partition coefficient (Wildman–Crippen LogP) is 3.87. The van der Waals surface area contributed by atoms with Crippen LogP contribution in [0.3, 0.4) is 0 Å². The quantitative estimate of drug-likeness (QED) is 0.874. The number of ether oxygens (including phenoxy) is 1. The fraction of sp³-hybridized carbons (Fsp3) is 0.650. The third-order valence-corrected chi connectivity index (χ3v) is 5.40. The van der Waals surface area contributed by atoms with E-state index in [2.05, 4.69) is 25.8 Å². The Kier molecular flexibility index (Phi) is 5.57. The van der Waals surface area contributed by atoms with Gasteiger partial charge in [0.15, 0.2) is 0 Å². The summed E-state index contributed by atoms with van der Waals surface area (Å²) in [6, 6.07) is 8.01. The van der Waals surface area contributed by atoms with Gasteiger partial charge in [-0.2, -0.15) is 0 Å². The SMILES string of the molecule is CC(C)[C@H]1CC[C@@H](C)C[C@@H]1OC[C@H](O)Cn1cnc2ccccc21. The number of rotatable bonds is 6. The summed E-state index contributed by atoms with van der Waals surface area (Å²) in [6.07, 6.45) is 5.23. The maximum absolute atomic E-state index is 10.4. The van der Waals surface area contributed by atoms with Gasteiger partial charge in [-0.25, -0.2) is 4.98 Å². The summed E-state index contributed by atoms with van der Waals surface area (Å²) in [7, 11) is 0. The first kappa shape index (κ1) is 17.4. The lowest BCUT2D eigenvalue weighted by atomic mass is 9.75. The molecule has 0 radical (unpaired) electrons. The molecule has 0 aliphatic heterocycles. The average molecular weight is 330 g/mol. The molecule has 4 atom stereocenters. The van der Waals surface area contributed by atoms with E-state index in [9.17, 15) is 5.11 Å². The molecular weight excluding hydrogens is 300 g/mol. The van der Waals surface area contributed by atoms with Gasteiger partial charge < -0.3 is 14.4 Å². The average Bonchev–Trinajstić information content (AvgIpc) is 2.96. The molecule has 1 fully saturated rings. The van der Waals surface area contributed by atoms with Crippen LogP contribution in [0.1, 0.15) is 40.0 Å². The largest absolute Gasteiger partial charge is 0.389 e. The van der Waals surface area contributed by atoms with Crippen LogP contribution in [0, 0.1) is 17.8 Å². The van der Waals surface area contributed by atoms with Crippen LogP contribution >= 0.6 is 0 Å². The lowest BCUT2D eigenvalue weighted by Gasteiger charge is -2.37. The predicted molar refractivity (Wildman–Crippen MR) is 96.8 cm³/mol. The number of fused-ring (bicyclic) bond motifs is 1. The van der Waals surface area contributed by atoms with E-state index in [-0.39, 0.29) is 6.10 Å². The fourth-order valence-corrected chi connectivity index (χ4v) is 3.98. The van der Waals surface area contributed by atoms with Crippen molar-refractivity contribution in [3.8, 4) is 0 Å². The Balaban J connectivity index is 1.57. The normalized spacial score (nSPS) is 26.1. The first-order chi connectivity index (χ1) is 11.5. The van der Waals surface area contributed by atoms with Crippen molar-refractivity contribution in [1.29, 1.82) is 0 Å². The molecule has 2 aromatic rings. The molecule has 0 bridgehead atoms. The van der Waals surface area contributed by atoms with Crippen molar-refractivity contribution < 1.29 is 9.84 Å². The molecule has 0 saturated heterocycles. The van der Waals surface area contributed by atoms with Crippen LogP contribution in [0.2, 0.25) is 0 Å². The minimum atomic E-state index is -0.507. The van der Waals surface area contributed by atoms with Crippen LogP contribution in [0.25, 0.3) is 11.0 Å².